The Kier molecular flexibility index (Phi) is 3.46. The van der Waals surface area contributed by atoms with Gasteiger partial charge in [-0.15, -0.1) is 0 Å². The number of benzene rings is 1. The minimum atomic E-state index is 0.736. The van der Waals surface area contributed by atoms with Crippen molar-refractivity contribution in [3.05, 3.63) is 41.9 Å². The first kappa shape index (κ1) is 12.4. The molecule has 0 spiro atoms. The van der Waals surface area contributed by atoms with Crippen molar-refractivity contribution in [2.45, 2.75) is 13.5 Å². The van der Waals surface area contributed by atoms with Crippen LogP contribution < -0.4 is 15.4 Å². The van der Waals surface area contributed by atoms with Gasteiger partial charge in [0.15, 0.2) is 0 Å². The van der Waals surface area contributed by atoms with Crippen LogP contribution in [0.25, 0.3) is 0 Å². The molecular formula is C14H18N2O2. The third-order valence-corrected chi connectivity index (χ3v) is 3.02. The number of anilines is 2. The van der Waals surface area contributed by atoms with E-state index in [1.807, 2.05) is 38.2 Å². The van der Waals surface area contributed by atoms with Gasteiger partial charge in [-0.25, -0.2) is 0 Å². The van der Waals surface area contributed by atoms with Crippen LogP contribution in [0.3, 0.4) is 0 Å². The van der Waals surface area contributed by atoms with E-state index in [0.717, 1.165) is 35.0 Å². The molecule has 0 radical (unpaired) electrons. The normalized spacial score (nSPS) is 10.4. The largest absolute Gasteiger partial charge is 0.497 e. The van der Waals surface area contributed by atoms with Crippen LogP contribution in [-0.2, 0) is 6.54 Å². The molecule has 1 aromatic heterocycles. The fourth-order valence-electron chi connectivity index (χ4n) is 1.90. The lowest BCUT2D eigenvalue weighted by atomic mass is 10.2. The van der Waals surface area contributed by atoms with Crippen molar-refractivity contribution in [3.8, 4) is 5.75 Å². The monoisotopic (exact) mass is 246 g/mol. The summed E-state index contributed by atoms with van der Waals surface area (Å²) in [5.41, 5.74) is 8.83. The average molecular weight is 246 g/mol. The van der Waals surface area contributed by atoms with Gasteiger partial charge in [0.1, 0.15) is 11.5 Å². The average Bonchev–Trinajstić information content (AvgIpc) is 2.75. The standard InChI is InChI=1S/C14H18N2O2/c1-10-11(6-7-18-10)9-16(2)14-8-12(17-3)4-5-13(14)15/h4-8H,9,15H2,1-3H3. The molecule has 0 bridgehead atoms. The summed E-state index contributed by atoms with van der Waals surface area (Å²) in [6, 6.07) is 7.62. The molecule has 0 amide bonds. The SMILES string of the molecule is COc1ccc(N)c(N(C)Cc2ccoc2C)c1. The summed E-state index contributed by atoms with van der Waals surface area (Å²) >= 11 is 0. The van der Waals surface area contributed by atoms with Crippen LogP contribution >= 0.6 is 0 Å². The second kappa shape index (κ2) is 5.04. The summed E-state index contributed by atoms with van der Waals surface area (Å²) < 4.78 is 10.5. The summed E-state index contributed by atoms with van der Waals surface area (Å²) in [4.78, 5) is 2.08. The Hall–Kier alpha value is -2.10. The molecule has 4 nitrogen and oxygen atoms in total. The molecule has 0 unspecified atom stereocenters. The van der Waals surface area contributed by atoms with Crippen molar-refractivity contribution >= 4 is 11.4 Å². The van der Waals surface area contributed by atoms with E-state index in [1.165, 1.54) is 0 Å². The zero-order valence-electron chi connectivity index (χ0n) is 10.9. The van der Waals surface area contributed by atoms with E-state index in [0.29, 0.717) is 0 Å². The van der Waals surface area contributed by atoms with Gasteiger partial charge >= 0.3 is 0 Å². The maximum absolute atomic E-state index is 5.99. The van der Waals surface area contributed by atoms with Crippen molar-refractivity contribution in [2.75, 3.05) is 24.8 Å². The first-order chi connectivity index (χ1) is 8.61. The lowest BCUT2D eigenvalue weighted by Gasteiger charge is -2.21. The van der Waals surface area contributed by atoms with E-state index < -0.39 is 0 Å². The van der Waals surface area contributed by atoms with Crippen molar-refractivity contribution in [1.29, 1.82) is 0 Å². The fourth-order valence-corrected chi connectivity index (χ4v) is 1.90. The molecule has 18 heavy (non-hydrogen) atoms. The summed E-state index contributed by atoms with van der Waals surface area (Å²) in [7, 11) is 3.65. The minimum absolute atomic E-state index is 0.736. The number of hydrogen-bond acceptors (Lipinski definition) is 4. The van der Waals surface area contributed by atoms with Gasteiger partial charge in [0.2, 0.25) is 0 Å². The highest BCUT2D eigenvalue weighted by atomic mass is 16.5. The molecule has 0 aliphatic rings. The maximum atomic E-state index is 5.99. The van der Waals surface area contributed by atoms with Crippen LogP contribution in [0, 0.1) is 6.92 Å². The molecule has 1 aromatic carbocycles. The summed E-state index contributed by atoms with van der Waals surface area (Å²) in [6.07, 6.45) is 1.70. The van der Waals surface area contributed by atoms with Crippen molar-refractivity contribution in [2.24, 2.45) is 0 Å². The number of nitrogens with two attached hydrogens (primary N) is 1. The van der Waals surface area contributed by atoms with Gasteiger partial charge in [-0.05, 0) is 25.1 Å². The molecule has 4 heteroatoms. The van der Waals surface area contributed by atoms with Gasteiger partial charge in [0, 0.05) is 25.2 Å². The second-order valence-electron chi connectivity index (χ2n) is 4.28. The lowest BCUT2D eigenvalue weighted by molar-refractivity contribution is 0.415. The van der Waals surface area contributed by atoms with Crippen molar-refractivity contribution in [1.82, 2.24) is 0 Å². The van der Waals surface area contributed by atoms with Crippen LogP contribution in [0.2, 0.25) is 0 Å². The van der Waals surface area contributed by atoms with Crippen molar-refractivity contribution in [3.63, 3.8) is 0 Å². The highest BCUT2D eigenvalue weighted by Gasteiger charge is 2.10. The molecule has 2 N–H and O–H groups in total. The number of nitrogens with zero attached hydrogens (tertiary/aromatic N) is 1. The zero-order chi connectivity index (χ0) is 13.1. The molecule has 0 saturated carbocycles. The number of rotatable bonds is 4. The van der Waals surface area contributed by atoms with Gasteiger partial charge in [-0.1, -0.05) is 0 Å². The number of furan rings is 1. The number of nitrogen functional groups attached to an aromatic ring is 1. The van der Waals surface area contributed by atoms with Crippen LogP contribution in [0.5, 0.6) is 5.75 Å². The zero-order valence-corrected chi connectivity index (χ0v) is 10.9. The molecule has 0 saturated heterocycles. The Balaban J connectivity index is 2.23. The highest BCUT2D eigenvalue weighted by molar-refractivity contribution is 5.69. The number of ether oxygens (including phenoxy) is 1. The van der Waals surface area contributed by atoms with Crippen LogP contribution in [0.4, 0.5) is 11.4 Å². The Labute approximate surface area is 107 Å². The fraction of sp³-hybridized carbons (Fsp3) is 0.286. The predicted octanol–water partition coefficient (Wildman–Crippen LogP) is 2.82. The molecule has 1 heterocycles. The van der Waals surface area contributed by atoms with Crippen LogP contribution in [0.1, 0.15) is 11.3 Å². The summed E-state index contributed by atoms with van der Waals surface area (Å²) in [5, 5.41) is 0. The lowest BCUT2D eigenvalue weighted by Crippen LogP contribution is -2.18. The molecule has 2 rings (SSSR count). The van der Waals surface area contributed by atoms with E-state index >= 15 is 0 Å². The quantitative estimate of drug-likeness (QED) is 0.843. The van der Waals surface area contributed by atoms with E-state index in [2.05, 4.69) is 4.90 Å². The third-order valence-electron chi connectivity index (χ3n) is 3.02. The molecule has 0 aliphatic carbocycles. The summed E-state index contributed by atoms with van der Waals surface area (Å²) in [5.74, 6) is 1.73. The first-order valence-electron chi connectivity index (χ1n) is 5.79. The van der Waals surface area contributed by atoms with E-state index in [4.69, 9.17) is 14.9 Å². The molecule has 96 valence electrons. The first-order valence-corrected chi connectivity index (χ1v) is 5.79. The molecular weight excluding hydrogens is 228 g/mol. The van der Waals surface area contributed by atoms with Gasteiger partial charge in [0.05, 0.1) is 24.7 Å². The van der Waals surface area contributed by atoms with E-state index in [-0.39, 0.29) is 0 Å². The van der Waals surface area contributed by atoms with Gasteiger partial charge in [0.25, 0.3) is 0 Å². The van der Waals surface area contributed by atoms with Gasteiger partial charge in [-0.2, -0.15) is 0 Å². The summed E-state index contributed by atoms with van der Waals surface area (Å²) in [6.45, 7) is 2.71. The Morgan fingerprint density at radius 3 is 2.72 bits per heavy atom. The third kappa shape index (κ3) is 2.42. The van der Waals surface area contributed by atoms with Gasteiger partial charge < -0.3 is 19.8 Å². The number of hydrogen-bond donors (Lipinski definition) is 1. The molecule has 2 aromatic rings. The Morgan fingerprint density at radius 2 is 2.11 bits per heavy atom. The molecule has 0 fully saturated rings. The Morgan fingerprint density at radius 1 is 1.33 bits per heavy atom. The number of methoxy groups -OCH3 is 1. The maximum Gasteiger partial charge on any atom is 0.121 e. The molecule has 0 atom stereocenters. The smallest absolute Gasteiger partial charge is 0.121 e. The highest BCUT2D eigenvalue weighted by Crippen LogP contribution is 2.28. The van der Waals surface area contributed by atoms with E-state index in [1.54, 1.807) is 13.4 Å². The number of aryl methyl sites for hydroxylation is 1. The van der Waals surface area contributed by atoms with E-state index in [9.17, 15) is 0 Å². The molecule has 0 aliphatic heterocycles. The predicted molar refractivity (Wildman–Crippen MR) is 73.0 cm³/mol. The Bertz CT molecular complexity index is 534. The van der Waals surface area contributed by atoms with Crippen LogP contribution in [-0.4, -0.2) is 14.2 Å². The topological polar surface area (TPSA) is 51.6 Å². The van der Waals surface area contributed by atoms with Gasteiger partial charge in [-0.3, -0.25) is 0 Å². The minimum Gasteiger partial charge on any atom is -0.497 e. The van der Waals surface area contributed by atoms with Crippen LogP contribution in [0.15, 0.2) is 34.9 Å². The van der Waals surface area contributed by atoms with Crippen molar-refractivity contribution < 1.29 is 9.15 Å². The second-order valence-corrected chi connectivity index (χ2v) is 4.28.